The van der Waals surface area contributed by atoms with Gasteiger partial charge in [-0.25, -0.2) is 9.18 Å². The first kappa shape index (κ1) is 32.8. The monoisotopic (exact) mass is 637 g/mol. The van der Waals surface area contributed by atoms with Crippen molar-refractivity contribution in [2.45, 2.75) is 50.8 Å². The van der Waals surface area contributed by atoms with Gasteiger partial charge in [-0.05, 0) is 81.2 Å². The number of halogens is 1. The second kappa shape index (κ2) is 13.8. The summed E-state index contributed by atoms with van der Waals surface area (Å²) in [4.78, 5) is 62.2. The molecule has 0 fully saturated rings. The summed E-state index contributed by atoms with van der Waals surface area (Å²) in [5.74, 6) is -0.820. The lowest BCUT2D eigenvalue weighted by molar-refractivity contribution is 0.0526. The summed E-state index contributed by atoms with van der Waals surface area (Å²) >= 11 is 0. The molecule has 1 aromatic heterocycles. The zero-order chi connectivity index (χ0) is 33.6. The number of carbonyl (C=O) groups excluding carboxylic acids is 2. The molecule has 47 heavy (non-hydrogen) atoms. The van der Waals surface area contributed by atoms with E-state index in [0.717, 1.165) is 5.56 Å². The third-order valence-corrected chi connectivity index (χ3v) is 7.59. The topological polar surface area (TPSA) is 146 Å². The predicted octanol–water partition coefficient (Wildman–Crippen LogP) is 3.46. The summed E-state index contributed by atoms with van der Waals surface area (Å²) in [5.41, 5.74) is -0.791. The molecule has 2 heterocycles. The molecular weight excluding hydrogens is 601 g/mol. The number of benzene rings is 3. The Kier molecular flexibility index (Phi) is 9.64. The molecule has 1 aliphatic heterocycles. The number of hydrogen-bond acceptors (Lipinski definition) is 7. The van der Waals surface area contributed by atoms with Crippen molar-refractivity contribution in [1.29, 1.82) is 0 Å². The summed E-state index contributed by atoms with van der Waals surface area (Å²) in [6.45, 7) is 5.67. The van der Waals surface area contributed by atoms with E-state index in [1.165, 1.54) is 30.3 Å². The maximum absolute atomic E-state index is 13.5. The molecule has 0 spiro atoms. The van der Waals surface area contributed by atoms with Crippen molar-refractivity contribution in [3.8, 4) is 0 Å². The number of hydrogen-bond donors (Lipinski definition) is 4. The van der Waals surface area contributed by atoms with Crippen LogP contribution in [-0.2, 0) is 4.74 Å². The number of aromatic nitrogens is 2. The van der Waals surface area contributed by atoms with Crippen LogP contribution in [0.5, 0.6) is 0 Å². The van der Waals surface area contributed by atoms with E-state index in [4.69, 9.17) is 4.74 Å². The van der Waals surface area contributed by atoms with Crippen LogP contribution in [0.2, 0.25) is 0 Å². The van der Waals surface area contributed by atoms with Crippen LogP contribution in [0.25, 0.3) is 12.2 Å². The minimum atomic E-state index is -0.910. The van der Waals surface area contributed by atoms with Gasteiger partial charge in [0.05, 0.1) is 11.9 Å². The summed E-state index contributed by atoms with van der Waals surface area (Å²) in [6, 6.07) is 21.0. The van der Waals surface area contributed by atoms with Gasteiger partial charge in [-0.3, -0.25) is 19.4 Å². The summed E-state index contributed by atoms with van der Waals surface area (Å²) in [6.07, 6.45) is 5.10. The molecule has 1 aliphatic rings. The first-order valence-electron chi connectivity index (χ1n) is 15.2. The highest BCUT2D eigenvalue weighted by Crippen LogP contribution is 2.37. The van der Waals surface area contributed by atoms with Crippen molar-refractivity contribution in [2.75, 3.05) is 6.54 Å². The van der Waals surface area contributed by atoms with E-state index < -0.39 is 40.2 Å². The average molecular weight is 638 g/mol. The van der Waals surface area contributed by atoms with E-state index in [1.54, 1.807) is 57.5 Å². The molecule has 5 rings (SSSR count). The number of ketones is 1. The van der Waals surface area contributed by atoms with E-state index in [2.05, 4.69) is 25.6 Å². The Bertz CT molecular complexity index is 2030. The average Bonchev–Trinajstić information content (AvgIpc) is 3.45. The van der Waals surface area contributed by atoms with Gasteiger partial charge in [0, 0.05) is 17.7 Å². The fraction of sp³-hybridized carbons (Fsp3) is 0.250. The van der Waals surface area contributed by atoms with Crippen LogP contribution in [0.1, 0.15) is 66.7 Å². The third-order valence-electron chi connectivity index (χ3n) is 7.59. The maximum Gasteiger partial charge on any atom is 0.407 e. The zero-order valence-electron chi connectivity index (χ0n) is 26.3. The molecule has 2 atom stereocenters. The van der Waals surface area contributed by atoms with Crippen molar-refractivity contribution >= 4 is 30.4 Å². The van der Waals surface area contributed by atoms with Gasteiger partial charge in [0.15, 0.2) is 5.78 Å². The van der Waals surface area contributed by atoms with E-state index in [1.807, 2.05) is 30.3 Å². The first-order valence-corrected chi connectivity index (χ1v) is 15.2. The van der Waals surface area contributed by atoms with Gasteiger partial charge in [-0.15, -0.1) is 0 Å². The standard InChI is InChI=1S/C36H36FN5O5/c1-35(2,3)47-34(46)38-19-9-18-36(31(39-22-40-36)24-10-5-4-6-11-24)21-29-33(45)41-28(32(44)42-29)20-25-12-7-8-13-27(25)30(43)23-14-16-26(37)17-15-23/h4-8,10-17,20-22,31H,9,18-19H2,1-3H3,(H,38,46)(H,39,40)(H,41,45)(H,42,44)/b28-20-,29-21-. The molecule has 0 saturated carbocycles. The van der Waals surface area contributed by atoms with Crippen molar-refractivity contribution in [3.63, 3.8) is 0 Å². The van der Waals surface area contributed by atoms with Gasteiger partial charge < -0.3 is 25.3 Å². The summed E-state index contributed by atoms with van der Waals surface area (Å²) < 4.78 is 18.8. The molecule has 3 aromatic carbocycles. The van der Waals surface area contributed by atoms with Gasteiger partial charge in [-0.1, -0.05) is 54.6 Å². The second-order valence-corrected chi connectivity index (χ2v) is 12.3. The van der Waals surface area contributed by atoms with Crippen molar-refractivity contribution < 1.29 is 18.7 Å². The molecule has 1 amide bonds. The molecule has 4 aromatic rings. The Morgan fingerprint density at radius 2 is 1.60 bits per heavy atom. The number of aromatic amines is 2. The normalized spacial score (nSPS) is 18.2. The van der Waals surface area contributed by atoms with Crippen LogP contribution < -0.4 is 32.5 Å². The smallest absolute Gasteiger partial charge is 0.407 e. The molecule has 2 unspecified atom stereocenters. The Hall–Kier alpha value is -5.58. The molecule has 0 saturated heterocycles. The molecule has 4 N–H and O–H groups in total. The van der Waals surface area contributed by atoms with E-state index >= 15 is 0 Å². The highest BCUT2D eigenvalue weighted by Gasteiger charge is 2.40. The SMILES string of the molecule is CC(C)(C)OC(=O)NCCCC1(/C=c2\[nH]c(=O)/c(=C/c3ccccc3C(=O)c3ccc(F)cc3)[nH]c2=O)NC=NC1c1ccccc1. The van der Waals surface area contributed by atoms with Crippen LogP contribution in [0, 0.1) is 5.82 Å². The number of ether oxygens (including phenoxy) is 1. The van der Waals surface area contributed by atoms with Crippen LogP contribution in [-0.4, -0.2) is 45.9 Å². The molecule has 0 radical (unpaired) electrons. The minimum Gasteiger partial charge on any atom is -0.444 e. The third kappa shape index (κ3) is 7.99. The molecule has 10 nitrogen and oxygen atoms in total. The van der Waals surface area contributed by atoms with Crippen LogP contribution in [0.3, 0.4) is 0 Å². The lowest BCUT2D eigenvalue weighted by Gasteiger charge is -2.32. The minimum absolute atomic E-state index is 0.0295. The van der Waals surface area contributed by atoms with Gasteiger partial charge in [0.25, 0.3) is 11.1 Å². The van der Waals surface area contributed by atoms with Gasteiger partial charge in [0.2, 0.25) is 0 Å². The number of nitrogens with zero attached hydrogens (tertiary/aromatic N) is 1. The number of alkyl carbamates (subject to hydrolysis) is 1. The number of carbonyl (C=O) groups is 2. The number of rotatable bonds is 9. The number of H-pyrrole nitrogens is 2. The first-order chi connectivity index (χ1) is 22.4. The Morgan fingerprint density at radius 1 is 0.936 bits per heavy atom. The second-order valence-electron chi connectivity index (χ2n) is 12.3. The fourth-order valence-electron chi connectivity index (χ4n) is 5.45. The van der Waals surface area contributed by atoms with Gasteiger partial charge in [-0.2, -0.15) is 0 Å². The number of amides is 1. The Balaban J connectivity index is 1.49. The van der Waals surface area contributed by atoms with Crippen LogP contribution >= 0.6 is 0 Å². The van der Waals surface area contributed by atoms with E-state index in [9.17, 15) is 23.6 Å². The number of aliphatic imine (C=N–C) groups is 1. The highest BCUT2D eigenvalue weighted by atomic mass is 19.1. The quantitative estimate of drug-likeness (QED) is 0.163. The maximum atomic E-state index is 13.5. The number of nitrogens with one attached hydrogen (secondary N) is 4. The lowest BCUT2D eigenvalue weighted by Crippen LogP contribution is -2.51. The van der Waals surface area contributed by atoms with Gasteiger partial charge >= 0.3 is 6.09 Å². The van der Waals surface area contributed by atoms with Crippen LogP contribution in [0.4, 0.5) is 9.18 Å². The van der Waals surface area contributed by atoms with Crippen molar-refractivity contribution in [1.82, 2.24) is 20.6 Å². The van der Waals surface area contributed by atoms with Crippen LogP contribution in [0.15, 0.2) is 93.4 Å². The largest absolute Gasteiger partial charge is 0.444 e. The summed E-state index contributed by atoms with van der Waals surface area (Å²) in [5, 5.41) is 6.05. The fourth-order valence-corrected chi connectivity index (χ4v) is 5.45. The highest BCUT2D eigenvalue weighted by molar-refractivity contribution is 6.11. The Labute approximate surface area is 270 Å². The van der Waals surface area contributed by atoms with Crippen molar-refractivity contribution in [3.05, 3.63) is 138 Å². The lowest BCUT2D eigenvalue weighted by atomic mass is 9.82. The van der Waals surface area contributed by atoms with Gasteiger partial charge in [0.1, 0.15) is 28.2 Å². The molecule has 0 bridgehead atoms. The van der Waals surface area contributed by atoms with E-state index in [-0.39, 0.29) is 27.6 Å². The van der Waals surface area contributed by atoms with E-state index in [0.29, 0.717) is 24.9 Å². The Morgan fingerprint density at radius 3 is 2.32 bits per heavy atom. The molecular formula is C36H36FN5O5. The molecule has 0 aliphatic carbocycles. The summed E-state index contributed by atoms with van der Waals surface area (Å²) in [7, 11) is 0. The molecule has 11 heteroatoms. The molecule has 242 valence electrons. The zero-order valence-corrected chi connectivity index (χ0v) is 26.3. The van der Waals surface area contributed by atoms with Crippen molar-refractivity contribution in [2.24, 2.45) is 4.99 Å². The predicted molar refractivity (Wildman–Crippen MR) is 178 cm³/mol.